The average molecular weight is 258 g/mol. The Kier molecular flexibility index (Phi) is 3.06. The van der Waals surface area contributed by atoms with E-state index in [1.54, 1.807) is 30.3 Å². The van der Waals surface area contributed by atoms with Crippen LogP contribution in [0.2, 0.25) is 0 Å². The third-order valence-corrected chi connectivity index (χ3v) is 2.83. The van der Waals surface area contributed by atoms with Gasteiger partial charge in [0.05, 0.1) is 5.69 Å². The molecule has 0 amide bonds. The fourth-order valence-electron chi connectivity index (χ4n) is 1.72. The fraction of sp³-hybridized carbons (Fsp3) is 0.286. The molecule has 0 radical (unpaired) electrons. The monoisotopic (exact) mass is 258 g/mol. The van der Waals surface area contributed by atoms with E-state index in [-0.39, 0.29) is 11.3 Å². The molecule has 2 aromatic rings. The maximum atomic E-state index is 12.3. The van der Waals surface area contributed by atoms with Gasteiger partial charge in [0.25, 0.3) is 5.91 Å². The number of nitrogen functional groups attached to an aromatic ring is 2. The topological polar surface area (TPSA) is 86.9 Å². The van der Waals surface area contributed by atoms with Gasteiger partial charge in [-0.15, -0.1) is 0 Å². The van der Waals surface area contributed by atoms with Crippen molar-refractivity contribution in [1.82, 2.24) is 9.78 Å². The van der Waals surface area contributed by atoms with E-state index in [1.807, 2.05) is 20.8 Å². The van der Waals surface area contributed by atoms with Gasteiger partial charge in [-0.05, 0) is 18.2 Å². The van der Waals surface area contributed by atoms with Gasteiger partial charge in [0.1, 0.15) is 5.82 Å². The Labute approximate surface area is 112 Å². The van der Waals surface area contributed by atoms with Crippen LogP contribution in [0, 0.1) is 0 Å². The lowest BCUT2D eigenvalue weighted by Crippen LogP contribution is -2.18. The number of aromatic nitrogens is 2. The van der Waals surface area contributed by atoms with E-state index in [9.17, 15) is 4.79 Å². The van der Waals surface area contributed by atoms with Gasteiger partial charge in [0, 0.05) is 22.7 Å². The average Bonchev–Trinajstić information content (AvgIpc) is 2.70. The molecule has 0 bridgehead atoms. The quantitative estimate of drug-likeness (QED) is 0.766. The number of rotatable bonds is 1. The van der Waals surface area contributed by atoms with Gasteiger partial charge in [-0.1, -0.05) is 26.8 Å². The SMILES string of the molecule is CC(C)(C)c1cc(N)n(C(=O)c2cccc(N)c2)n1. The van der Waals surface area contributed by atoms with Crippen LogP contribution >= 0.6 is 0 Å². The molecule has 1 heterocycles. The maximum absolute atomic E-state index is 12.3. The zero-order chi connectivity index (χ0) is 14.2. The highest BCUT2D eigenvalue weighted by atomic mass is 16.2. The summed E-state index contributed by atoms with van der Waals surface area (Å²) in [5.74, 6) is 0.0534. The van der Waals surface area contributed by atoms with E-state index in [2.05, 4.69) is 5.10 Å². The number of benzene rings is 1. The van der Waals surface area contributed by atoms with E-state index in [0.29, 0.717) is 17.1 Å². The van der Waals surface area contributed by atoms with E-state index in [0.717, 1.165) is 5.69 Å². The summed E-state index contributed by atoms with van der Waals surface area (Å²) in [5.41, 5.74) is 13.2. The van der Waals surface area contributed by atoms with Crippen molar-refractivity contribution in [2.45, 2.75) is 26.2 Å². The third-order valence-electron chi connectivity index (χ3n) is 2.83. The van der Waals surface area contributed by atoms with Crippen LogP contribution in [-0.4, -0.2) is 15.7 Å². The summed E-state index contributed by atoms with van der Waals surface area (Å²) >= 11 is 0. The number of anilines is 2. The van der Waals surface area contributed by atoms with E-state index < -0.39 is 0 Å². The minimum absolute atomic E-state index is 0.157. The van der Waals surface area contributed by atoms with E-state index in [1.165, 1.54) is 4.68 Å². The van der Waals surface area contributed by atoms with Crippen molar-refractivity contribution in [1.29, 1.82) is 0 Å². The number of carbonyl (C=O) groups excluding carboxylic acids is 1. The molecule has 5 heteroatoms. The number of hydrogen-bond donors (Lipinski definition) is 2. The normalized spacial score (nSPS) is 11.5. The second-order valence-electron chi connectivity index (χ2n) is 5.55. The largest absolute Gasteiger partial charge is 0.399 e. The number of nitrogens with zero attached hydrogens (tertiary/aromatic N) is 2. The predicted molar refractivity (Wildman–Crippen MR) is 75.9 cm³/mol. The maximum Gasteiger partial charge on any atom is 0.280 e. The highest BCUT2D eigenvalue weighted by Crippen LogP contribution is 2.23. The molecule has 0 unspecified atom stereocenters. The van der Waals surface area contributed by atoms with Crippen molar-refractivity contribution >= 4 is 17.4 Å². The summed E-state index contributed by atoms with van der Waals surface area (Å²) in [6.45, 7) is 6.05. The molecule has 0 saturated heterocycles. The number of carbonyl (C=O) groups is 1. The minimum Gasteiger partial charge on any atom is -0.399 e. The van der Waals surface area contributed by atoms with Crippen molar-refractivity contribution in [3.8, 4) is 0 Å². The second kappa shape index (κ2) is 4.42. The summed E-state index contributed by atoms with van der Waals surface area (Å²) in [7, 11) is 0. The fourth-order valence-corrected chi connectivity index (χ4v) is 1.72. The number of nitrogens with two attached hydrogens (primary N) is 2. The first-order valence-electron chi connectivity index (χ1n) is 6.05. The lowest BCUT2D eigenvalue weighted by molar-refractivity contribution is 0.0947. The van der Waals surface area contributed by atoms with E-state index in [4.69, 9.17) is 11.5 Å². The molecule has 0 aliphatic rings. The van der Waals surface area contributed by atoms with Gasteiger partial charge in [-0.25, -0.2) is 0 Å². The standard InChI is InChI=1S/C14H18N4O/c1-14(2,3)11-8-12(16)18(17-11)13(19)9-5-4-6-10(15)7-9/h4-8H,15-16H2,1-3H3. The molecule has 0 saturated carbocycles. The first kappa shape index (κ1) is 13.1. The van der Waals surface area contributed by atoms with Gasteiger partial charge >= 0.3 is 0 Å². The van der Waals surface area contributed by atoms with Gasteiger partial charge in [-0.2, -0.15) is 9.78 Å². The van der Waals surface area contributed by atoms with Gasteiger partial charge < -0.3 is 11.5 Å². The summed E-state index contributed by atoms with van der Waals surface area (Å²) < 4.78 is 1.22. The van der Waals surface area contributed by atoms with Gasteiger partial charge in [0.15, 0.2) is 0 Å². The molecule has 1 aromatic carbocycles. The third kappa shape index (κ3) is 2.59. The van der Waals surface area contributed by atoms with Gasteiger partial charge in [0.2, 0.25) is 0 Å². The van der Waals surface area contributed by atoms with Crippen molar-refractivity contribution in [3.05, 3.63) is 41.6 Å². The Morgan fingerprint density at radius 3 is 2.42 bits per heavy atom. The molecule has 0 fully saturated rings. The van der Waals surface area contributed by atoms with Crippen molar-refractivity contribution in [2.24, 2.45) is 0 Å². The highest BCUT2D eigenvalue weighted by molar-refractivity contribution is 5.97. The van der Waals surface area contributed by atoms with Crippen molar-refractivity contribution in [3.63, 3.8) is 0 Å². The Morgan fingerprint density at radius 2 is 1.89 bits per heavy atom. The Hall–Kier alpha value is -2.30. The van der Waals surface area contributed by atoms with Crippen LogP contribution in [0.5, 0.6) is 0 Å². The zero-order valence-corrected chi connectivity index (χ0v) is 11.3. The smallest absolute Gasteiger partial charge is 0.280 e. The molecule has 0 aliphatic heterocycles. The Bertz CT molecular complexity index is 623. The van der Waals surface area contributed by atoms with Crippen LogP contribution in [0.15, 0.2) is 30.3 Å². The molecular formula is C14H18N4O. The lowest BCUT2D eigenvalue weighted by Gasteiger charge is -2.13. The molecule has 0 aliphatic carbocycles. The lowest BCUT2D eigenvalue weighted by atomic mass is 9.92. The van der Waals surface area contributed by atoms with Crippen LogP contribution in [0.4, 0.5) is 11.5 Å². The molecule has 5 nitrogen and oxygen atoms in total. The van der Waals surface area contributed by atoms with Crippen LogP contribution in [0.25, 0.3) is 0 Å². The van der Waals surface area contributed by atoms with Crippen molar-refractivity contribution < 1.29 is 4.79 Å². The summed E-state index contributed by atoms with van der Waals surface area (Å²) in [5, 5.41) is 4.29. The first-order valence-corrected chi connectivity index (χ1v) is 6.05. The van der Waals surface area contributed by atoms with Crippen LogP contribution in [0.1, 0.15) is 36.8 Å². The van der Waals surface area contributed by atoms with E-state index >= 15 is 0 Å². The van der Waals surface area contributed by atoms with Gasteiger partial charge in [-0.3, -0.25) is 4.79 Å². The molecule has 0 spiro atoms. The summed E-state index contributed by atoms with van der Waals surface area (Å²) in [4.78, 5) is 12.3. The van der Waals surface area contributed by atoms with Crippen LogP contribution in [-0.2, 0) is 5.41 Å². The first-order chi connectivity index (χ1) is 8.79. The molecule has 2 rings (SSSR count). The molecule has 19 heavy (non-hydrogen) atoms. The highest BCUT2D eigenvalue weighted by Gasteiger charge is 2.21. The second-order valence-corrected chi connectivity index (χ2v) is 5.55. The van der Waals surface area contributed by atoms with Crippen LogP contribution in [0.3, 0.4) is 0 Å². The van der Waals surface area contributed by atoms with Crippen LogP contribution < -0.4 is 11.5 Å². The molecule has 0 atom stereocenters. The predicted octanol–water partition coefficient (Wildman–Crippen LogP) is 2.03. The molecule has 100 valence electrons. The Balaban J connectivity index is 2.43. The summed E-state index contributed by atoms with van der Waals surface area (Å²) in [6, 6.07) is 8.48. The number of hydrogen-bond acceptors (Lipinski definition) is 4. The summed E-state index contributed by atoms with van der Waals surface area (Å²) in [6.07, 6.45) is 0. The molecule has 4 N–H and O–H groups in total. The molecule has 1 aromatic heterocycles. The molecular weight excluding hydrogens is 240 g/mol. The zero-order valence-electron chi connectivity index (χ0n) is 11.3. The Morgan fingerprint density at radius 1 is 1.21 bits per heavy atom. The minimum atomic E-state index is -0.277. The van der Waals surface area contributed by atoms with Crippen molar-refractivity contribution in [2.75, 3.05) is 11.5 Å².